The minimum atomic E-state index is -0.0649. The molecule has 1 aromatic heterocycles. The first-order valence-electron chi connectivity index (χ1n) is 10.3. The molecule has 144 valence electrons. The number of carbonyl (C=O) groups is 1. The Morgan fingerprint density at radius 2 is 1.89 bits per heavy atom. The molecule has 4 saturated carbocycles. The maximum absolute atomic E-state index is 12.8. The molecule has 1 aliphatic heterocycles. The van der Waals surface area contributed by atoms with Crippen LogP contribution >= 0.6 is 0 Å². The highest BCUT2D eigenvalue weighted by atomic mass is 16.3. The van der Waals surface area contributed by atoms with Crippen LogP contribution in [-0.2, 0) is 4.79 Å². The van der Waals surface area contributed by atoms with Gasteiger partial charge in [-0.3, -0.25) is 9.69 Å². The molecule has 6 nitrogen and oxygen atoms in total. The molecule has 2 aromatic rings. The summed E-state index contributed by atoms with van der Waals surface area (Å²) in [5.41, 5.74) is 3.01. The van der Waals surface area contributed by atoms with Gasteiger partial charge in [-0.15, -0.1) is 0 Å². The van der Waals surface area contributed by atoms with Crippen LogP contribution in [0.25, 0.3) is 17.2 Å². The minimum Gasteiger partial charge on any atom is -0.443 e. The summed E-state index contributed by atoms with van der Waals surface area (Å²) >= 11 is 0. The fourth-order valence-electron chi connectivity index (χ4n) is 6.33. The molecule has 6 heteroatoms. The van der Waals surface area contributed by atoms with E-state index in [0.717, 1.165) is 28.8 Å². The molecular formula is C22H24N4O2. The molecule has 5 aliphatic rings. The van der Waals surface area contributed by atoms with Gasteiger partial charge in [0.15, 0.2) is 12.0 Å². The largest absolute Gasteiger partial charge is 0.443 e. The lowest BCUT2D eigenvalue weighted by molar-refractivity contribution is -0.121. The van der Waals surface area contributed by atoms with Crippen molar-refractivity contribution in [3.05, 3.63) is 35.9 Å². The van der Waals surface area contributed by atoms with Crippen LogP contribution in [0.2, 0.25) is 0 Å². The number of hydrogen-bond acceptors (Lipinski definition) is 5. The number of nitrogens with one attached hydrogen (secondary N) is 1. The van der Waals surface area contributed by atoms with E-state index in [4.69, 9.17) is 4.42 Å². The molecule has 0 radical (unpaired) electrons. The van der Waals surface area contributed by atoms with Crippen molar-refractivity contribution in [1.29, 1.82) is 0 Å². The average molecular weight is 376 g/mol. The summed E-state index contributed by atoms with van der Waals surface area (Å²) in [6, 6.07) is 5.72. The monoisotopic (exact) mass is 376 g/mol. The predicted molar refractivity (Wildman–Crippen MR) is 106 cm³/mol. The number of carbonyl (C=O) groups excluding carboxylic acids is 1. The van der Waals surface area contributed by atoms with Gasteiger partial charge in [-0.2, -0.15) is 0 Å². The summed E-state index contributed by atoms with van der Waals surface area (Å²) in [7, 11) is 1.81. The van der Waals surface area contributed by atoms with Crippen LogP contribution in [0, 0.1) is 17.8 Å². The Balaban J connectivity index is 1.29. The standard InChI is InChI=1S/C22H24N4O2/c1-26-20(27)18(7-13-2-3-17-19(8-13)28-12-23-17)24-21(26)25-22-9-14-4-15(10-22)6-16(5-14)11-22/h2-3,7-8,12,14-16H,4-6,9-11H2,1H3,(H,24,25)/b18-7-. The summed E-state index contributed by atoms with van der Waals surface area (Å²) < 4.78 is 5.37. The summed E-state index contributed by atoms with van der Waals surface area (Å²) in [5, 5.41) is 3.73. The molecular weight excluding hydrogens is 352 g/mol. The molecule has 0 atom stereocenters. The zero-order valence-corrected chi connectivity index (χ0v) is 16.0. The minimum absolute atomic E-state index is 0.0649. The van der Waals surface area contributed by atoms with Crippen molar-refractivity contribution in [2.45, 2.75) is 44.1 Å². The number of aliphatic imine (C=N–C) groups is 1. The van der Waals surface area contributed by atoms with Gasteiger partial charge < -0.3 is 9.73 Å². The number of oxazole rings is 1. The van der Waals surface area contributed by atoms with Crippen LogP contribution in [-0.4, -0.2) is 34.3 Å². The number of hydrogen-bond donors (Lipinski definition) is 1. The highest BCUT2D eigenvalue weighted by molar-refractivity contribution is 6.13. The first-order chi connectivity index (χ1) is 13.6. The Morgan fingerprint density at radius 1 is 1.18 bits per heavy atom. The molecule has 1 aromatic carbocycles. The smallest absolute Gasteiger partial charge is 0.279 e. The number of guanidine groups is 1. The Morgan fingerprint density at radius 3 is 2.61 bits per heavy atom. The second-order valence-corrected chi connectivity index (χ2v) is 9.23. The van der Waals surface area contributed by atoms with E-state index < -0.39 is 0 Å². The van der Waals surface area contributed by atoms with E-state index in [2.05, 4.69) is 15.3 Å². The van der Waals surface area contributed by atoms with Crippen molar-refractivity contribution in [2.75, 3.05) is 7.05 Å². The zero-order chi connectivity index (χ0) is 18.9. The first kappa shape index (κ1) is 16.3. The number of benzene rings is 1. The molecule has 7 rings (SSSR count). The van der Waals surface area contributed by atoms with Crippen LogP contribution in [0.3, 0.4) is 0 Å². The van der Waals surface area contributed by atoms with E-state index in [9.17, 15) is 4.79 Å². The van der Waals surface area contributed by atoms with Gasteiger partial charge in [-0.1, -0.05) is 6.07 Å². The van der Waals surface area contributed by atoms with Crippen molar-refractivity contribution in [3.8, 4) is 0 Å². The topological polar surface area (TPSA) is 70.7 Å². The highest BCUT2D eigenvalue weighted by Gasteiger charge is 2.52. The number of amides is 1. The number of nitrogens with zero attached hydrogens (tertiary/aromatic N) is 3. The molecule has 0 saturated heterocycles. The Kier molecular flexibility index (Phi) is 3.32. The van der Waals surface area contributed by atoms with Gasteiger partial charge in [0.25, 0.3) is 5.91 Å². The van der Waals surface area contributed by atoms with Crippen molar-refractivity contribution in [3.63, 3.8) is 0 Å². The van der Waals surface area contributed by atoms with Gasteiger partial charge in [0.05, 0.1) is 0 Å². The third-order valence-electron chi connectivity index (χ3n) is 7.14. The lowest BCUT2D eigenvalue weighted by atomic mass is 9.53. The summed E-state index contributed by atoms with van der Waals surface area (Å²) in [5.74, 6) is 3.20. The zero-order valence-electron chi connectivity index (χ0n) is 16.0. The van der Waals surface area contributed by atoms with E-state index >= 15 is 0 Å². The molecule has 0 spiro atoms. The van der Waals surface area contributed by atoms with E-state index in [0.29, 0.717) is 17.2 Å². The fraction of sp³-hybridized carbons (Fsp3) is 0.500. The molecule has 2 heterocycles. The van der Waals surface area contributed by atoms with E-state index in [1.165, 1.54) is 44.9 Å². The average Bonchev–Trinajstić information content (AvgIpc) is 3.21. The fourth-order valence-corrected chi connectivity index (χ4v) is 6.33. The molecule has 4 bridgehead atoms. The third kappa shape index (κ3) is 2.50. The van der Waals surface area contributed by atoms with Crippen LogP contribution in [0.1, 0.15) is 44.1 Å². The SMILES string of the molecule is CN1C(=O)/C(=C/c2ccc3ncoc3c2)N=C1NC12CC3CC(CC(C3)C1)C2. The normalized spacial score (nSPS) is 35.2. The van der Waals surface area contributed by atoms with Crippen LogP contribution in [0.4, 0.5) is 0 Å². The van der Waals surface area contributed by atoms with Gasteiger partial charge in [0.2, 0.25) is 5.96 Å². The molecule has 28 heavy (non-hydrogen) atoms. The first-order valence-corrected chi connectivity index (χ1v) is 10.3. The number of aromatic nitrogens is 1. The number of likely N-dealkylation sites (N-methyl/N-ethyl adjacent to an activating group) is 1. The van der Waals surface area contributed by atoms with Crippen LogP contribution < -0.4 is 5.32 Å². The lowest BCUT2D eigenvalue weighted by Gasteiger charge is -2.57. The van der Waals surface area contributed by atoms with Crippen molar-refractivity contribution < 1.29 is 9.21 Å². The van der Waals surface area contributed by atoms with E-state index in [1.807, 2.05) is 31.3 Å². The summed E-state index contributed by atoms with van der Waals surface area (Å²) in [6.07, 6.45) is 11.1. The quantitative estimate of drug-likeness (QED) is 0.814. The van der Waals surface area contributed by atoms with Gasteiger partial charge in [-0.25, -0.2) is 9.98 Å². The molecule has 0 unspecified atom stereocenters. The van der Waals surface area contributed by atoms with Crippen molar-refractivity contribution in [2.24, 2.45) is 22.7 Å². The lowest BCUT2D eigenvalue weighted by Crippen LogP contribution is -2.61. The summed E-state index contributed by atoms with van der Waals surface area (Å²) in [6.45, 7) is 0. The van der Waals surface area contributed by atoms with Gasteiger partial charge >= 0.3 is 0 Å². The molecule has 4 fully saturated rings. The predicted octanol–water partition coefficient (Wildman–Crippen LogP) is 3.56. The number of fused-ring (bicyclic) bond motifs is 1. The maximum atomic E-state index is 12.8. The Labute approximate surface area is 163 Å². The van der Waals surface area contributed by atoms with Crippen LogP contribution in [0.5, 0.6) is 0 Å². The van der Waals surface area contributed by atoms with Crippen molar-refractivity contribution >= 4 is 29.0 Å². The molecule has 1 amide bonds. The highest BCUT2D eigenvalue weighted by Crippen LogP contribution is 2.55. The molecule has 1 N–H and O–H groups in total. The van der Waals surface area contributed by atoms with Crippen molar-refractivity contribution in [1.82, 2.24) is 15.2 Å². The Hall–Kier alpha value is -2.63. The third-order valence-corrected chi connectivity index (χ3v) is 7.14. The summed E-state index contributed by atoms with van der Waals surface area (Å²) in [4.78, 5) is 23.3. The van der Waals surface area contributed by atoms with E-state index in [-0.39, 0.29) is 11.4 Å². The second-order valence-electron chi connectivity index (χ2n) is 9.23. The number of rotatable bonds is 2. The van der Waals surface area contributed by atoms with E-state index in [1.54, 1.807) is 4.90 Å². The molecule has 4 aliphatic carbocycles. The van der Waals surface area contributed by atoms with Gasteiger partial charge in [-0.05, 0) is 80.1 Å². The Bertz CT molecular complexity index is 999. The maximum Gasteiger partial charge on any atom is 0.279 e. The van der Waals surface area contributed by atoms with Gasteiger partial charge in [0.1, 0.15) is 11.2 Å². The second kappa shape index (κ2) is 5.69. The van der Waals surface area contributed by atoms with Crippen LogP contribution in [0.15, 0.2) is 39.7 Å². The van der Waals surface area contributed by atoms with Gasteiger partial charge in [0, 0.05) is 12.6 Å².